The number of thiol groups is 1. The Morgan fingerprint density at radius 1 is 1.67 bits per heavy atom. The first kappa shape index (κ1) is 15.7. The summed E-state index contributed by atoms with van der Waals surface area (Å²) in [6, 6.07) is 0. The Bertz CT molecular complexity index is 13.5. The molecule has 0 fully saturated rings. The van der Waals surface area contributed by atoms with Gasteiger partial charge in [0.15, 0.2) is 0 Å². The molecule has 0 N–H and O–H groups in total. The zero-order valence-electron chi connectivity index (χ0n) is 3.20. The van der Waals surface area contributed by atoms with Crippen LogP contribution in [0.3, 0.4) is 0 Å². The number of rotatable bonds is 0. The Hall–Kier alpha value is 1.40. The zero-order valence-corrected chi connectivity index (χ0v) is 6.24. The Labute approximate surface area is 59.4 Å². The van der Waals surface area contributed by atoms with Gasteiger partial charge in [-0.25, -0.2) is 0 Å². The molecule has 0 spiro atoms. The summed E-state index contributed by atoms with van der Waals surface area (Å²) in [5, 5.41) is 0. The smallest absolute Gasteiger partial charge is 0.0825 e. The summed E-state index contributed by atoms with van der Waals surface area (Å²) in [7, 11) is 6.92. The van der Waals surface area contributed by atoms with Gasteiger partial charge < -0.3 is 12.6 Å². The molecule has 5 heteroatoms. The van der Waals surface area contributed by atoms with E-state index in [1.165, 1.54) is 6.89 Å². The van der Waals surface area contributed by atoms with Gasteiger partial charge in [0.25, 0.3) is 0 Å². The van der Waals surface area contributed by atoms with E-state index in [0.717, 1.165) is 0 Å². The Morgan fingerprint density at radius 3 is 1.67 bits per heavy atom. The zero-order chi connectivity index (χ0) is 4.71. The standard InChI is InChI=1S/CH3S.B2H2P.Ni/c1-2;1-2-3;/h2H,1H2;3H2;/q-1;;. The van der Waals surface area contributed by atoms with Crippen molar-refractivity contribution >= 4 is 36.4 Å². The van der Waals surface area contributed by atoms with Gasteiger partial charge >= 0.3 is 0 Å². The topological polar surface area (TPSA) is 0 Å². The minimum atomic E-state index is 0. The molecule has 1 unspecified atom stereocenters. The average molecular weight is 160 g/mol. The second-order valence-electron chi connectivity index (χ2n) is 0.192. The molecule has 0 aliphatic heterocycles. The van der Waals surface area contributed by atoms with Gasteiger partial charge in [-0.1, -0.05) is 0 Å². The molecule has 0 aliphatic rings. The molecule has 0 amide bonds. The second kappa shape index (κ2) is 32.4. The van der Waals surface area contributed by atoms with Gasteiger partial charge in [0.1, 0.15) is 0 Å². The molecule has 1 atom stereocenters. The summed E-state index contributed by atoms with van der Waals surface area (Å²) in [5.41, 5.74) is 0. The maximum Gasteiger partial charge on any atom is 0.0825 e. The maximum atomic E-state index is 4.69. The minimum Gasteiger partial charge on any atom is -0.372 e. The fourth-order valence-corrected chi connectivity index (χ4v) is 0. The van der Waals surface area contributed by atoms with E-state index in [1.54, 1.807) is 0 Å². The molecule has 3 radical (unpaired) electrons. The van der Waals surface area contributed by atoms with Crippen LogP contribution in [0.2, 0.25) is 0 Å². The summed E-state index contributed by atoms with van der Waals surface area (Å²) >= 11 is 3.28. The van der Waals surface area contributed by atoms with Crippen molar-refractivity contribution in [1.29, 1.82) is 0 Å². The molecule has 0 saturated heterocycles. The van der Waals surface area contributed by atoms with Crippen LogP contribution in [0.1, 0.15) is 0 Å². The van der Waals surface area contributed by atoms with E-state index in [0.29, 0.717) is 0 Å². The van der Waals surface area contributed by atoms with Gasteiger partial charge in [0.2, 0.25) is 0 Å². The summed E-state index contributed by atoms with van der Waals surface area (Å²) in [6.45, 7) is 1.42. The van der Waals surface area contributed by atoms with Crippen molar-refractivity contribution in [2.75, 3.05) is 0 Å². The van der Waals surface area contributed by atoms with Crippen LogP contribution in [0.15, 0.2) is 0 Å². The maximum absolute atomic E-state index is 4.69. The molecule has 0 heterocycles. The van der Waals surface area contributed by atoms with Gasteiger partial charge in [0, 0.05) is 24.2 Å². The van der Waals surface area contributed by atoms with Crippen molar-refractivity contribution in [2.24, 2.45) is 0 Å². The van der Waals surface area contributed by atoms with Crippen LogP contribution in [0.5, 0.6) is 0 Å². The molecule has 0 saturated carbocycles. The van der Waals surface area contributed by atoms with E-state index >= 15 is 0 Å². The fourth-order valence-electron chi connectivity index (χ4n) is 0. The third-order valence-electron chi connectivity index (χ3n) is 0. The van der Waals surface area contributed by atoms with Crippen molar-refractivity contribution in [2.45, 2.75) is 0 Å². The van der Waals surface area contributed by atoms with Crippen LogP contribution < -0.4 is 0 Å². The third kappa shape index (κ3) is 53.2. The molecule has 37 valence electrons. The molecule has 0 rings (SSSR count). The van der Waals surface area contributed by atoms with E-state index in [-0.39, 0.29) is 16.5 Å². The van der Waals surface area contributed by atoms with E-state index in [1.807, 2.05) is 0 Å². The van der Waals surface area contributed by atoms with Gasteiger partial charge in [0.05, 0.1) is 6.89 Å². The molecule has 0 aromatic rings. The third-order valence-corrected chi connectivity index (χ3v) is 0. The largest absolute Gasteiger partial charge is 0.372 e. The summed E-state index contributed by atoms with van der Waals surface area (Å²) in [4.78, 5) is 0. The van der Waals surface area contributed by atoms with Gasteiger partial charge in [-0.05, 0) is 0 Å². The number of hydrogen-bond donors (Lipinski definition) is 1. The van der Waals surface area contributed by atoms with Crippen molar-refractivity contribution in [3.8, 4) is 0 Å². The first-order chi connectivity index (χ1) is 2.41. The van der Waals surface area contributed by atoms with E-state index < -0.39 is 0 Å². The van der Waals surface area contributed by atoms with Crippen LogP contribution in [0.25, 0.3) is 0 Å². The normalized spacial score (nSPS) is 3.17. The SMILES string of the molecule is [B][B]P.[CH2-]S.[Ni]. The molecule has 0 aromatic heterocycles. The van der Waals surface area contributed by atoms with E-state index in [2.05, 4.69) is 35.7 Å². The predicted octanol–water partition coefficient (Wildman–Crippen LogP) is 0.269. The fraction of sp³-hybridized carbons (Fsp3) is 0. The second-order valence-corrected chi connectivity index (χ2v) is 0.577. The van der Waals surface area contributed by atoms with Crippen LogP contribution in [-0.2, 0) is 16.5 Å². The summed E-state index contributed by atoms with van der Waals surface area (Å²) in [6.07, 6.45) is 2.94. The molecule has 0 bridgehead atoms. The average Bonchev–Trinajstić information content (AvgIpc) is 1.46. The quantitative estimate of drug-likeness (QED) is 0.224. The predicted molar refractivity (Wildman–Crippen MR) is 35.6 cm³/mol. The Balaban J connectivity index is -0.0000000275. The Morgan fingerprint density at radius 2 is 1.67 bits per heavy atom. The first-order valence-electron chi connectivity index (χ1n) is 0.983. The van der Waals surface area contributed by atoms with Gasteiger partial charge in [-0.15, -0.1) is 0 Å². The van der Waals surface area contributed by atoms with Gasteiger partial charge in [-0.2, -0.15) is 9.12 Å². The van der Waals surface area contributed by atoms with Crippen LogP contribution in [-0.4, -0.2) is 14.6 Å². The summed E-state index contributed by atoms with van der Waals surface area (Å²) in [5.74, 6) is 0. The molecule has 0 aromatic carbocycles. The van der Waals surface area contributed by atoms with Gasteiger partial charge in [-0.3, -0.25) is 6.26 Å². The van der Waals surface area contributed by atoms with Crippen LogP contribution in [0, 0.1) is 6.26 Å². The van der Waals surface area contributed by atoms with Crippen molar-refractivity contribution < 1.29 is 16.5 Å². The first-order valence-corrected chi connectivity index (χ1v) is 2.28. The molecule has 6 heavy (non-hydrogen) atoms. The van der Waals surface area contributed by atoms with Crippen molar-refractivity contribution in [3.05, 3.63) is 6.26 Å². The van der Waals surface area contributed by atoms with Crippen LogP contribution in [0.4, 0.5) is 0 Å². The molecular formula is CH5B2NiPS-. The molecule has 0 aliphatic carbocycles. The monoisotopic (exact) mass is 160 g/mol. The van der Waals surface area contributed by atoms with E-state index in [4.69, 9.17) is 0 Å². The molecule has 0 nitrogen and oxygen atoms in total. The minimum absolute atomic E-state index is 0. The summed E-state index contributed by atoms with van der Waals surface area (Å²) < 4.78 is 0. The van der Waals surface area contributed by atoms with E-state index in [9.17, 15) is 0 Å². The van der Waals surface area contributed by atoms with Crippen molar-refractivity contribution in [3.63, 3.8) is 0 Å². The van der Waals surface area contributed by atoms with Crippen LogP contribution >= 0.6 is 21.7 Å². The Kier molecular flexibility index (Phi) is 84.5. The molecular weight excluding hydrogens is 155 g/mol. The number of hydrogen-bond acceptors (Lipinski definition) is 1. The van der Waals surface area contributed by atoms with Crippen molar-refractivity contribution in [1.82, 2.24) is 0 Å².